The number of nitrogens with one attached hydrogen (secondary N) is 2. The Hall–Kier alpha value is -2.15. The lowest BCUT2D eigenvalue weighted by Crippen LogP contribution is -2.47. The molecule has 0 saturated carbocycles. The molecule has 3 N–H and O–H groups in total. The van der Waals surface area contributed by atoms with Crippen molar-refractivity contribution in [2.24, 2.45) is 0 Å². The summed E-state index contributed by atoms with van der Waals surface area (Å²) in [6.45, 7) is 6.45. The lowest BCUT2D eigenvalue weighted by atomic mass is 10.2. The minimum Gasteiger partial charge on any atom is -0.444 e. The van der Waals surface area contributed by atoms with Gasteiger partial charge in [-0.1, -0.05) is 6.07 Å². The summed E-state index contributed by atoms with van der Waals surface area (Å²) in [5, 5.41) is 14.4. The molecule has 0 saturated heterocycles. The third kappa shape index (κ3) is 6.09. The first kappa shape index (κ1) is 17.9. The maximum absolute atomic E-state index is 12.1. The molecule has 0 radical (unpaired) electrons. The standard InChI is InChI=1S/C15H23N3O4/c1-10(17-14(21)22-15(2,3)4)13(20)18-12(9-19)11-7-5-6-8-16-11/h5-8,10,12,19H,9H2,1-4H3,(H,17,21)(H,18,20)/t10?,12-/m1/s1. The molecule has 1 heterocycles. The second-order valence-corrected chi connectivity index (χ2v) is 5.87. The van der Waals surface area contributed by atoms with E-state index in [2.05, 4.69) is 15.6 Å². The quantitative estimate of drug-likeness (QED) is 0.757. The number of pyridine rings is 1. The van der Waals surface area contributed by atoms with Gasteiger partial charge in [0, 0.05) is 6.20 Å². The topological polar surface area (TPSA) is 101 Å². The Morgan fingerprint density at radius 3 is 2.50 bits per heavy atom. The highest BCUT2D eigenvalue weighted by Crippen LogP contribution is 2.09. The molecule has 122 valence electrons. The van der Waals surface area contributed by atoms with Gasteiger partial charge in [-0.3, -0.25) is 9.78 Å². The van der Waals surface area contributed by atoms with Crippen LogP contribution in [0, 0.1) is 0 Å². The molecule has 1 unspecified atom stereocenters. The van der Waals surface area contributed by atoms with Crippen LogP contribution in [0.4, 0.5) is 4.79 Å². The van der Waals surface area contributed by atoms with Crippen LogP contribution in [-0.2, 0) is 9.53 Å². The minimum atomic E-state index is -0.799. The van der Waals surface area contributed by atoms with Crippen LogP contribution in [0.2, 0.25) is 0 Å². The molecule has 1 aromatic rings. The Morgan fingerprint density at radius 2 is 2.00 bits per heavy atom. The summed E-state index contributed by atoms with van der Waals surface area (Å²) in [6.07, 6.45) is 0.903. The first-order valence-electron chi connectivity index (χ1n) is 7.04. The van der Waals surface area contributed by atoms with E-state index in [4.69, 9.17) is 4.74 Å². The molecule has 1 aromatic heterocycles. The Kier molecular flexibility index (Phi) is 6.30. The molecule has 0 aliphatic carbocycles. The Bertz CT molecular complexity index is 499. The highest BCUT2D eigenvalue weighted by molar-refractivity contribution is 5.85. The van der Waals surface area contributed by atoms with Gasteiger partial charge < -0.3 is 20.5 Å². The van der Waals surface area contributed by atoms with Crippen molar-refractivity contribution in [2.45, 2.75) is 45.4 Å². The van der Waals surface area contributed by atoms with E-state index < -0.39 is 29.7 Å². The van der Waals surface area contributed by atoms with Crippen LogP contribution in [0.3, 0.4) is 0 Å². The predicted octanol–water partition coefficient (Wildman–Crippen LogP) is 1.14. The fraction of sp³-hybridized carbons (Fsp3) is 0.533. The fourth-order valence-corrected chi connectivity index (χ4v) is 1.64. The first-order chi connectivity index (χ1) is 10.2. The summed E-state index contributed by atoms with van der Waals surface area (Å²) in [7, 11) is 0. The van der Waals surface area contributed by atoms with E-state index >= 15 is 0 Å². The van der Waals surface area contributed by atoms with Crippen molar-refractivity contribution in [2.75, 3.05) is 6.61 Å². The number of aliphatic hydroxyl groups is 1. The zero-order valence-corrected chi connectivity index (χ0v) is 13.3. The predicted molar refractivity (Wildman–Crippen MR) is 81.0 cm³/mol. The number of hydrogen-bond acceptors (Lipinski definition) is 5. The molecule has 0 aliphatic rings. The molecule has 0 spiro atoms. The van der Waals surface area contributed by atoms with E-state index in [1.165, 1.54) is 6.92 Å². The van der Waals surface area contributed by atoms with Gasteiger partial charge in [-0.25, -0.2) is 4.79 Å². The first-order valence-corrected chi connectivity index (χ1v) is 7.04. The third-order valence-electron chi connectivity index (χ3n) is 2.67. The van der Waals surface area contributed by atoms with Crippen LogP contribution in [0.5, 0.6) is 0 Å². The van der Waals surface area contributed by atoms with E-state index in [1.54, 1.807) is 45.2 Å². The lowest BCUT2D eigenvalue weighted by molar-refractivity contribution is -0.123. The number of ether oxygens (including phenoxy) is 1. The highest BCUT2D eigenvalue weighted by atomic mass is 16.6. The molecule has 0 fully saturated rings. The van der Waals surface area contributed by atoms with Gasteiger partial charge in [-0.15, -0.1) is 0 Å². The van der Waals surface area contributed by atoms with Crippen molar-refractivity contribution in [1.82, 2.24) is 15.6 Å². The number of nitrogens with zero attached hydrogens (tertiary/aromatic N) is 1. The van der Waals surface area contributed by atoms with E-state index in [0.29, 0.717) is 5.69 Å². The maximum Gasteiger partial charge on any atom is 0.408 e. The van der Waals surface area contributed by atoms with Crippen LogP contribution >= 0.6 is 0 Å². The molecule has 1 rings (SSSR count). The van der Waals surface area contributed by atoms with E-state index in [-0.39, 0.29) is 6.61 Å². The normalized spacial score (nSPS) is 13.9. The van der Waals surface area contributed by atoms with Gasteiger partial charge in [0.15, 0.2) is 0 Å². The number of aliphatic hydroxyl groups excluding tert-OH is 1. The monoisotopic (exact) mass is 309 g/mol. The molecule has 7 heteroatoms. The summed E-state index contributed by atoms with van der Waals surface area (Å²) >= 11 is 0. The summed E-state index contributed by atoms with van der Waals surface area (Å²) in [5.74, 6) is -0.435. The van der Waals surface area contributed by atoms with Crippen LogP contribution in [0.1, 0.15) is 39.4 Å². The van der Waals surface area contributed by atoms with E-state index in [0.717, 1.165) is 0 Å². The van der Waals surface area contributed by atoms with Gasteiger partial charge in [-0.2, -0.15) is 0 Å². The maximum atomic E-state index is 12.1. The third-order valence-corrected chi connectivity index (χ3v) is 2.67. The largest absolute Gasteiger partial charge is 0.444 e. The molecule has 0 aromatic carbocycles. The van der Waals surface area contributed by atoms with Gasteiger partial charge in [0.05, 0.1) is 18.3 Å². The smallest absolute Gasteiger partial charge is 0.408 e. The number of amides is 2. The zero-order chi connectivity index (χ0) is 16.8. The van der Waals surface area contributed by atoms with Crippen molar-refractivity contribution in [1.29, 1.82) is 0 Å². The second-order valence-electron chi connectivity index (χ2n) is 5.87. The molecular weight excluding hydrogens is 286 g/mol. The molecule has 2 atom stereocenters. The number of carbonyl (C=O) groups excluding carboxylic acids is 2. The Morgan fingerprint density at radius 1 is 1.32 bits per heavy atom. The molecule has 2 amide bonds. The molecular formula is C15H23N3O4. The van der Waals surface area contributed by atoms with E-state index in [1.807, 2.05) is 0 Å². The van der Waals surface area contributed by atoms with Crippen molar-refractivity contribution >= 4 is 12.0 Å². The van der Waals surface area contributed by atoms with Gasteiger partial charge in [-0.05, 0) is 39.8 Å². The van der Waals surface area contributed by atoms with Gasteiger partial charge >= 0.3 is 6.09 Å². The minimum absolute atomic E-state index is 0.290. The van der Waals surface area contributed by atoms with Crippen LogP contribution in [0.15, 0.2) is 24.4 Å². The summed E-state index contributed by atoms with van der Waals surface area (Å²) < 4.78 is 5.08. The average Bonchev–Trinajstić information content (AvgIpc) is 2.43. The zero-order valence-electron chi connectivity index (χ0n) is 13.3. The number of aromatic nitrogens is 1. The number of alkyl carbamates (subject to hydrolysis) is 1. The van der Waals surface area contributed by atoms with Crippen LogP contribution < -0.4 is 10.6 Å². The van der Waals surface area contributed by atoms with Crippen LogP contribution in [-0.4, -0.2) is 40.3 Å². The average molecular weight is 309 g/mol. The molecule has 22 heavy (non-hydrogen) atoms. The van der Waals surface area contributed by atoms with Gasteiger partial charge in [0.1, 0.15) is 11.6 Å². The highest BCUT2D eigenvalue weighted by Gasteiger charge is 2.23. The van der Waals surface area contributed by atoms with Crippen molar-refractivity contribution in [3.05, 3.63) is 30.1 Å². The van der Waals surface area contributed by atoms with Crippen molar-refractivity contribution in [3.63, 3.8) is 0 Å². The number of hydrogen-bond donors (Lipinski definition) is 3. The SMILES string of the molecule is CC(NC(=O)OC(C)(C)C)C(=O)N[C@H](CO)c1ccccn1. The molecule has 7 nitrogen and oxygen atoms in total. The summed E-state index contributed by atoms with van der Waals surface area (Å²) in [6, 6.07) is 3.78. The van der Waals surface area contributed by atoms with Crippen molar-refractivity contribution in [3.8, 4) is 0 Å². The van der Waals surface area contributed by atoms with Gasteiger partial charge in [0.25, 0.3) is 0 Å². The lowest BCUT2D eigenvalue weighted by Gasteiger charge is -2.23. The van der Waals surface area contributed by atoms with Crippen molar-refractivity contribution < 1.29 is 19.4 Å². The summed E-state index contributed by atoms with van der Waals surface area (Å²) in [5.41, 5.74) is -0.0928. The molecule has 0 aliphatic heterocycles. The Labute approximate surface area is 130 Å². The fourth-order valence-electron chi connectivity index (χ4n) is 1.64. The Balaban J connectivity index is 2.58. The number of rotatable bonds is 5. The van der Waals surface area contributed by atoms with Gasteiger partial charge in [0.2, 0.25) is 5.91 Å². The van der Waals surface area contributed by atoms with E-state index in [9.17, 15) is 14.7 Å². The number of carbonyl (C=O) groups is 2. The summed E-state index contributed by atoms with van der Waals surface area (Å²) in [4.78, 5) is 27.8. The molecule has 0 bridgehead atoms. The second kappa shape index (κ2) is 7.74. The van der Waals surface area contributed by atoms with Crippen LogP contribution in [0.25, 0.3) is 0 Å².